The van der Waals surface area contributed by atoms with Gasteiger partial charge >= 0.3 is 0 Å². The first-order valence-corrected chi connectivity index (χ1v) is 7.41. The molecule has 114 valence electrons. The van der Waals surface area contributed by atoms with Crippen molar-refractivity contribution in [2.45, 2.75) is 39.2 Å². The monoisotopic (exact) mass is 290 g/mol. The Kier molecular flexibility index (Phi) is 5.25. The van der Waals surface area contributed by atoms with E-state index in [1.807, 2.05) is 13.8 Å². The highest BCUT2D eigenvalue weighted by Gasteiger charge is 2.25. The maximum atomic E-state index is 12.2. The number of likely N-dealkylation sites (tertiary alicyclic amines) is 1. The lowest BCUT2D eigenvalue weighted by molar-refractivity contribution is -0.122. The van der Waals surface area contributed by atoms with Gasteiger partial charge in [0.1, 0.15) is 5.69 Å². The molecule has 1 saturated heterocycles. The smallest absolute Gasteiger partial charge is 0.274 e. The molecule has 0 saturated carbocycles. The molecular formula is C15H22N4O2. The topological polar surface area (TPSA) is 75.2 Å². The molecule has 1 aromatic rings. The predicted octanol–water partition coefficient (Wildman–Crippen LogP) is 1.24. The van der Waals surface area contributed by atoms with Crippen molar-refractivity contribution in [2.24, 2.45) is 5.92 Å². The summed E-state index contributed by atoms with van der Waals surface area (Å²) in [6.45, 7) is 5.34. The molecule has 0 aromatic carbocycles. The molecule has 6 heteroatoms. The van der Waals surface area contributed by atoms with Crippen LogP contribution in [0.4, 0.5) is 0 Å². The third-order valence-electron chi connectivity index (χ3n) is 3.52. The van der Waals surface area contributed by atoms with Crippen molar-refractivity contribution in [1.82, 2.24) is 20.2 Å². The normalized spacial score (nSPS) is 16.0. The maximum absolute atomic E-state index is 12.2. The summed E-state index contributed by atoms with van der Waals surface area (Å²) in [5, 5.41) is 3.04. The largest absolute Gasteiger partial charge is 0.353 e. The van der Waals surface area contributed by atoms with Gasteiger partial charge in [-0.25, -0.2) is 4.98 Å². The standard InChI is InChI=1S/C15H22N4O2/c1-11(2)9-14(20)18-12-3-7-19(8-4-12)15(21)13-10-16-5-6-17-13/h5-6,10-12H,3-4,7-9H2,1-2H3,(H,18,20). The van der Waals surface area contributed by atoms with E-state index in [2.05, 4.69) is 15.3 Å². The van der Waals surface area contributed by atoms with Gasteiger partial charge in [0.25, 0.3) is 5.91 Å². The minimum Gasteiger partial charge on any atom is -0.353 e. The second kappa shape index (κ2) is 7.15. The highest BCUT2D eigenvalue weighted by atomic mass is 16.2. The van der Waals surface area contributed by atoms with Crippen LogP contribution in [0, 0.1) is 5.92 Å². The molecule has 2 amide bonds. The van der Waals surface area contributed by atoms with Gasteiger partial charge in [-0.05, 0) is 18.8 Å². The van der Waals surface area contributed by atoms with Gasteiger partial charge < -0.3 is 10.2 Å². The third kappa shape index (κ3) is 4.51. The summed E-state index contributed by atoms with van der Waals surface area (Å²) in [5.74, 6) is 0.377. The van der Waals surface area contributed by atoms with Crippen LogP contribution in [-0.2, 0) is 4.79 Å². The molecule has 0 radical (unpaired) electrons. The van der Waals surface area contributed by atoms with E-state index in [9.17, 15) is 9.59 Å². The molecule has 1 aromatic heterocycles. The zero-order valence-electron chi connectivity index (χ0n) is 12.6. The SMILES string of the molecule is CC(C)CC(=O)NC1CCN(C(=O)c2cnccn2)CC1. The number of carbonyl (C=O) groups is 2. The molecule has 1 N–H and O–H groups in total. The molecule has 0 atom stereocenters. The van der Waals surface area contributed by atoms with Crippen molar-refractivity contribution in [1.29, 1.82) is 0 Å². The van der Waals surface area contributed by atoms with Crippen LogP contribution < -0.4 is 5.32 Å². The Labute approximate surface area is 125 Å². The van der Waals surface area contributed by atoms with E-state index in [0.717, 1.165) is 12.8 Å². The highest BCUT2D eigenvalue weighted by molar-refractivity contribution is 5.92. The zero-order valence-corrected chi connectivity index (χ0v) is 12.6. The lowest BCUT2D eigenvalue weighted by atomic mass is 10.0. The van der Waals surface area contributed by atoms with Gasteiger partial charge in [0, 0.05) is 37.9 Å². The van der Waals surface area contributed by atoms with E-state index >= 15 is 0 Å². The van der Waals surface area contributed by atoms with E-state index in [1.54, 1.807) is 11.1 Å². The first kappa shape index (κ1) is 15.4. The van der Waals surface area contributed by atoms with Crippen LogP contribution in [0.15, 0.2) is 18.6 Å². The Hall–Kier alpha value is -1.98. The molecule has 2 heterocycles. The van der Waals surface area contributed by atoms with Crippen molar-refractivity contribution in [3.63, 3.8) is 0 Å². The fourth-order valence-electron chi connectivity index (χ4n) is 2.46. The van der Waals surface area contributed by atoms with Gasteiger partial charge in [0.05, 0.1) is 6.20 Å². The lowest BCUT2D eigenvalue weighted by Gasteiger charge is -2.32. The number of nitrogens with one attached hydrogen (secondary N) is 1. The molecule has 2 rings (SSSR count). The molecule has 0 aliphatic carbocycles. The fraction of sp³-hybridized carbons (Fsp3) is 0.600. The summed E-state index contributed by atoms with van der Waals surface area (Å²) >= 11 is 0. The Morgan fingerprint density at radius 1 is 1.33 bits per heavy atom. The van der Waals surface area contributed by atoms with Gasteiger partial charge in [-0.3, -0.25) is 14.6 Å². The van der Waals surface area contributed by atoms with Gasteiger partial charge in [-0.2, -0.15) is 0 Å². The summed E-state index contributed by atoms with van der Waals surface area (Å²) in [6, 6.07) is 0.169. The van der Waals surface area contributed by atoms with E-state index < -0.39 is 0 Å². The van der Waals surface area contributed by atoms with Crippen LogP contribution in [0.1, 0.15) is 43.6 Å². The Balaban J connectivity index is 1.81. The van der Waals surface area contributed by atoms with Crippen molar-refractivity contribution in [3.8, 4) is 0 Å². The Bertz CT molecular complexity index is 482. The molecule has 0 unspecified atom stereocenters. The molecule has 1 fully saturated rings. The Morgan fingerprint density at radius 3 is 2.62 bits per heavy atom. The predicted molar refractivity (Wildman–Crippen MR) is 78.6 cm³/mol. The number of amides is 2. The van der Waals surface area contributed by atoms with E-state index in [0.29, 0.717) is 31.1 Å². The molecule has 1 aliphatic heterocycles. The summed E-state index contributed by atoms with van der Waals surface area (Å²) in [5.41, 5.74) is 0.375. The number of hydrogen-bond acceptors (Lipinski definition) is 4. The number of carbonyl (C=O) groups excluding carboxylic acids is 2. The lowest BCUT2D eigenvalue weighted by Crippen LogP contribution is -2.46. The quantitative estimate of drug-likeness (QED) is 0.905. The average Bonchev–Trinajstić information content (AvgIpc) is 2.47. The van der Waals surface area contributed by atoms with Gasteiger partial charge in [-0.1, -0.05) is 13.8 Å². The first-order chi connectivity index (χ1) is 10.1. The maximum Gasteiger partial charge on any atom is 0.274 e. The summed E-state index contributed by atoms with van der Waals surface area (Å²) in [4.78, 5) is 33.7. The van der Waals surface area contributed by atoms with E-state index in [4.69, 9.17) is 0 Å². The molecular weight excluding hydrogens is 268 g/mol. The molecule has 0 spiro atoms. The van der Waals surface area contributed by atoms with E-state index in [1.165, 1.54) is 12.4 Å². The average molecular weight is 290 g/mol. The molecule has 21 heavy (non-hydrogen) atoms. The van der Waals surface area contributed by atoms with Crippen LogP contribution >= 0.6 is 0 Å². The van der Waals surface area contributed by atoms with Gasteiger partial charge in [-0.15, -0.1) is 0 Å². The zero-order chi connectivity index (χ0) is 15.2. The highest BCUT2D eigenvalue weighted by Crippen LogP contribution is 2.13. The van der Waals surface area contributed by atoms with Crippen molar-refractivity contribution in [2.75, 3.05) is 13.1 Å². The number of piperidine rings is 1. The van der Waals surface area contributed by atoms with Crippen LogP contribution in [-0.4, -0.2) is 45.8 Å². The Morgan fingerprint density at radius 2 is 2.05 bits per heavy atom. The molecule has 1 aliphatic rings. The van der Waals surface area contributed by atoms with Gasteiger partial charge in [0.2, 0.25) is 5.91 Å². The van der Waals surface area contributed by atoms with Crippen LogP contribution in [0.5, 0.6) is 0 Å². The van der Waals surface area contributed by atoms with Crippen LogP contribution in [0.2, 0.25) is 0 Å². The minimum absolute atomic E-state index is 0.0879. The fourth-order valence-corrected chi connectivity index (χ4v) is 2.46. The number of aromatic nitrogens is 2. The molecule has 0 bridgehead atoms. The summed E-state index contributed by atoms with van der Waals surface area (Å²) < 4.78 is 0. The molecule has 6 nitrogen and oxygen atoms in total. The number of hydrogen-bond donors (Lipinski definition) is 1. The second-order valence-corrected chi connectivity index (χ2v) is 5.82. The number of nitrogens with zero attached hydrogens (tertiary/aromatic N) is 3. The van der Waals surface area contributed by atoms with Crippen molar-refractivity contribution in [3.05, 3.63) is 24.3 Å². The van der Waals surface area contributed by atoms with Crippen LogP contribution in [0.3, 0.4) is 0 Å². The van der Waals surface area contributed by atoms with Crippen molar-refractivity contribution < 1.29 is 9.59 Å². The second-order valence-electron chi connectivity index (χ2n) is 5.82. The van der Waals surface area contributed by atoms with Crippen molar-refractivity contribution >= 4 is 11.8 Å². The van der Waals surface area contributed by atoms with Crippen LogP contribution in [0.25, 0.3) is 0 Å². The first-order valence-electron chi connectivity index (χ1n) is 7.41. The third-order valence-corrected chi connectivity index (χ3v) is 3.52. The van der Waals surface area contributed by atoms with Gasteiger partial charge in [0.15, 0.2) is 0 Å². The summed E-state index contributed by atoms with van der Waals surface area (Å²) in [6.07, 6.45) is 6.68. The minimum atomic E-state index is -0.0879. The van der Waals surface area contributed by atoms with E-state index in [-0.39, 0.29) is 17.9 Å². The summed E-state index contributed by atoms with van der Waals surface area (Å²) in [7, 11) is 0. The number of rotatable bonds is 4.